The lowest BCUT2D eigenvalue weighted by molar-refractivity contribution is 0.868. The Hall–Kier alpha value is -1.86. The molecule has 3 nitrogen and oxygen atoms in total. The molecule has 2 aromatic rings. The topological polar surface area (TPSA) is 39.9 Å². The Bertz CT molecular complexity index is 514. The van der Waals surface area contributed by atoms with E-state index in [1.165, 1.54) is 4.88 Å². The Kier molecular flexibility index (Phi) is 3.73. The maximum absolute atomic E-state index is 8.79. The molecule has 0 amide bonds. The van der Waals surface area contributed by atoms with Crippen LogP contribution < -0.4 is 4.90 Å². The fourth-order valence-electron chi connectivity index (χ4n) is 1.55. The number of nitrogens with zero attached hydrogens (tertiary/aromatic N) is 3. The number of hydrogen-bond acceptors (Lipinski definition) is 4. The number of likely N-dealkylation sites (N-methyl/N-ethyl adjacent to an activating group) is 1. The van der Waals surface area contributed by atoms with E-state index in [0.29, 0.717) is 5.69 Å². The van der Waals surface area contributed by atoms with Crippen LogP contribution in [0.3, 0.4) is 0 Å². The van der Waals surface area contributed by atoms with Crippen LogP contribution in [0.25, 0.3) is 0 Å². The molecule has 0 N–H and O–H groups in total. The lowest BCUT2D eigenvalue weighted by Crippen LogP contribution is -2.21. The number of aromatic nitrogens is 1. The van der Waals surface area contributed by atoms with Crippen LogP contribution in [0.4, 0.5) is 5.82 Å². The van der Waals surface area contributed by atoms with Crippen LogP contribution in [0.1, 0.15) is 10.6 Å². The van der Waals surface area contributed by atoms with Crippen LogP contribution in [0.2, 0.25) is 0 Å². The molecule has 86 valence electrons. The molecule has 0 spiro atoms. The van der Waals surface area contributed by atoms with E-state index < -0.39 is 0 Å². The van der Waals surface area contributed by atoms with Gasteiger partial charge in [0.25, 0.3) is 0 Å². The Morgan fingerprint density at radius 3 is 2.94 bits per heavy atom. The summed E-state index contributed by atoms with van der Waals surface area (Å²) in [4.78, 5) is 7.70. The third-order valence-electron chi connectivity index (χ3n) is 2.51. The van der Waals surface area contributed by atoms with Crippen LogP contribution in [0.15, 0.2) is 35.7 Å². The maximum Gasteiger partial charge on any atom is 0.142 e. The van der Waals surface area contributed by atoms with Gasteiger partial charge < -0.3 is 4.90 Å². The second kappa shape index (κ2) is 5.46. The van der Waals surface area contributed by atoms with Gasteiger partial charge in [-0.15, -0.1) is 11.3 Å². The highest BCUT2D eigenvalue weighted by molar-refractivity contribution is 7.09. The van der Waals surface area contributed by atoms with Crippen molar-refractivity contribution in [3.8, 4) is 6.07 Å². The summed E-state index contributed by atoms with van der Waals surface area (Å²) in [5, 5.41) is 10.9. The maximum atomic E-state index is 8.79. The van der Waals surface area contributed by atoms with Gasteiger partial charge in [0.1, 0.15) is 17.6 Å². The highest BCUT2D eigenvalue weighted by Gasteiger charge is 2.04. The van der Waals surface area contributed by atoms with Crippen molar-refractivity contribution in [3.63, 3.8) is 0 Å². The van der Waals surface area contributed by atoms with E-state index in [2.05, 4.69) is 33.5 Å². The minimum absolute atomic E-state index is 0.463. The summed E-state index contributed by atoms with van der Waals surface area (Å²) in [5.41, 5.74) is 0.463. The van der Waals surface area contributed by atoms with Crippen molar-refractivity contribution in [2.24, 2.45) is 0 Å². The molecule has 0 aliphatic carbocycles. The number of rotatable bonds is 4. The van der Waals surface area contributed by atoms with Crippen LogP contribution >= 0.6 is 11.3 Å². The van der Waals surface area contributed by atoms with Crippen molar-refractivity contribution in [2.45, 2.75) is 6.42 Å². The van der Waals surface area contributed by atoms with Crippen molar-refractivity contribution < 1.29 is 0 Å². The third-order valence-corrected chi connectivity index (χ3v) is 3.45. The van der Waals surface area contributed by atoms with E-state index in [4.69, 9.17) is 5.26 Å². The van der Waals surface area contributed by atoms with Crippen LogP contribution in [-0.2, 0) is 6.42 Å². The highest BCUT2D eigenvalue weighted by atomic mass is 32.1. The predicted octanol–water partition coefficient (Wildman–Crippen LogP) is 2.69. The second-order valence-electron chi connectivity index (χ2n) is 3.74. The third kappa shape index (κ3) is 3.05. The van der Waals surface area contributed by atoms with Gasteiger partial charge in [0, 0.05) is 18.5 Å². The quantitative estimate of drug-likeness (QED) is 0.829. The summed E-state index contributed by atoms with van der Waals surface area (Å²) in [7, 11) is 2.00. The molecule has 17 heavy (non-hydrogen) atoms. The normalized spacial score (nSPS) is 9.88. The summed E-state index contributed by atoms with van der Waals surface area (Å²) in [5.74, 6) is 0.848. The molecule has 0 bridgehead atoms. The number of nitriles is 1. The molecule has 4 heteroatoms. The zero-order chi connectivity index (χ0) is 12.1. The average Bonchev–Trinajstić information content (AvgIpc) is 2.89. The van der Waals surface area contributed by atoms with Gasteiger partial charge in [0.15, 0.2) is 0 Å². The summed E-state index contributed by atoms with van der Waals surface area (Å²) >= 11 is 1.77. The Labute approximate surface area is 105 Å². The first-order chi connectivity index (χ1) is 8.29. The van der Waals surface area contributed by atoms with Gasteiger partial charge >= 0.3 is 0 Å². The van der Waals surface area contributed by atoms with Gasteiger partial charge in [0.05, 0.1) is 0 Å². The minimum atomic E-state index is 0.463. The first-order valence-corrected chi connectivity index (χ1v) is 6.28. The second-order valence-corrected chi connectivity index (χ2v) is 4.78. The number of anilines is 1. The number of pyridine rings is 1. The van der Waals surface area contributed by atoms with E-state index in [9.17, 15) is 0 Å². The van der Waals surface area contributed by atoms with Crippen molar-refractivity contribution in [1.29, 1.82) is 5.26 Å². The highest BCUT2D eigenvalue weighted by Crippen LogP contribution is 2.13. The number of thiophene rings is 1. The number of hydrogen-bond donors (Lipinski definition) is 0. The van der Waals surface area contributed by atoms with Gasteiger partial charge in [-0.1, -0.05) is 12.1 Å². The smallest absolute Gasteiger partial charge is 0.142 e. The molecule has 2 heterocycles. The van der Waals surface area contributed by atoms with Gasteiger partial charge in [-0.05, 0) is 30.0 Å². The molecule has 2 rings (SSSR count). The zero-order valence-corrected chi connectivity index (χ0v) is 10.4. The molecule has 0 aromatic carbocycles. The zero-order valence-electron chi connectivity index (χ0n) is 9.63. The Morgan fingerprint density at radius 2 is 2.24 bits per heavy atom. The fraction of sp³-hybridized carbons (Fsp3) is 0.231. The van der Waals surface area contributed by atoms with Gasteiger partial charge in [-0.25, -0.2) is 4.98 Å². The summed E-state index contributed by atoms with van der Waals surface area (Å²) < 4.78 is 0. The lowest BCUT2D eigenvalue weighted by atomic mass is 10.3. The molecule has 0 saturated heterocycles. The molecule has 0 aliphatic rings. The molecule has 0 atom stereocenters. The Balaban J connectivity index is 1.99. The summed E-state index contributed by atoms with van der Waals surface area (Å²) in [6.45, 7) is 0.905. The van der Waals surface area contributed by atoms with Crippen molar-refractivity contribution in [1.82, 2.24) is 4.98 Å². The van der Waals surface area contributed by atoms with E-state index >= 15 is 0 Å². The van der Waals surface area contributed by atoms with Crippen LogP contribution in [0.5, 0.6) is 0 Å². The Morgan fingerprint density at radius 1 is 1.35 bits per heavy atom. The summed E-state index contributed by atoms with van der Waals surface area (Å²) in [6, 6.07) is 11.8. The lowest BCUT2D eigenvalue weighted by Gasteiger charge is -2.17. The first kappa shape index (κ1) is 11.6. The molecule has 2 aromatic heterocycles. The predicted molar refractivity (Wildman–Crippen MR) is 70.2 cm³/mol. The largest absolute Gasteiger partial charge is 0.359 e. The van der Waals surface area contributed by atoms with Crippen molar-refractivity contribution in [2.75, 3.05) is 18.5 Å². The molecule has 0 fully saturated rings. The van der Waals surface area contributed by atoms with Gasteiger partial charge in [0.2, 0.25) is 0 Å². The molecule has 0 unspecified atom stereocenters. The minimum Gasteiger partial charge on any atom is -0.359 e. The van der Waals surface area contributed by atoms with Gasteiger partial charge in [-0.3, -0.25) is 0 Å². The molecule has 0 radical (unpaired) electrons. The van der Waals surface area contributed by atoms with Crippen LogP contribution in [-0.4, -0.2) is 18.6 Å². The SMILES string of the molecule is CN(CCc1cccs1)c1cccc(C#N)n1. The fourth-order valence-corrected chi connectivity index (χ4v) is 2.24. The molecule has 0 saturated carbocycles. The average molecular weight is 243 g/mol. The van der Waals surface area contributed by atoms with Crippen LogP contribution in [0, 0.1) is 11.3 Å². The van der Waals surface area contributed by atoms with Crippen molar-refractivity contribution >= 4 is 17.2 Å². The van der Waals surface area contributed by atoms with E-state index in [0.717, 1.165) is 18.8 Å². The van der Waals surface area contributed by atoms with E-state index in [1.54, 1.807) is 17.4 Å². The van der Waals surface area contributed by atoms with E-state index in [1.807, 2.05) is 19.2 Å². The molecular weight excluding hydrogens is 230 g/mol. The monoisotopic (exact) mass is 243 g/mol. The molecular formula is C13H13N3S. The van der Waals surface area contributed by atoms with Gasteiger partial charge in [-0.2, -0.15) is 5.26 Å². The van der Waals surface area contributed by atoms with E-state index in [-0.39, 0.29) is 0 Å². The van der Waals surface area contributed by atoms with Crippen molar-refractivity contribution in [3.05, 3.63) is 46.3 Å². The molecule has 0 aliphatic heterocycles. The standard InChI is InChI=1S/C13H13N3S/c1-16(8-7-12-5-3-9-17-12)13-6-2-4-11(10-14)15-13/h2-6,9H,7-8H2,1H3. The summed E-state index contributed by atoms with van der Waals surface area (Å²) in [6.07, 6.45) is 1.01. The first-order valence-electron chi connectivity index (χ1n) is 5.40.